The third-order valence-corrected chi connectivity index (χ3v) is 13.3. The summed E-state index contributed by atoms with van der Waals surface area (Å²) in [5.74, 6) is -0.226. The summed E-state index contributed by atoms with van der Waals surface area (Å²) in [6.07, 6.45) is 43.9. The van der Waals surface area contributed by atoms with E-state index >= 15 is 0 Å². The van der Waals surface area contributed by atoms with Gasteiger partial charge in [0.05, 0.1) is 32.0 Å². The zero-order valence-corrected chi connectivity index (χ0v) is 43.1. The number of rotatable bonds is 48. The average Bonchev–Trinajstić information content (AvgIpc) is 3.32. The summed E-state index contributed by atoms with van der Waals surface area (Å²) in [6, 6.07) is -0.834. The van der Waals surface area contributed by atoms with Gasteiger partial charge in [-0.3, -0.25) is 9.59 Å². The number of aliphatic hydroxyl groups is 5. The molecule has 1 amide bonds. The van der Waals surface area contributed by atoms with Gasteiger partial charge in [0.25, 0.3) is 0 Å². The highest BCUT2D eigenvalue weighted by Gasteiger charge is 2.44. The molecule has 1 heterocycles. The first kappa shape index (κ1) is 63.2. The number of hydrogen-bond donors (Lipinski definition) is 6. The zero-order chi connectivity index (χ0) is 48.8. The summed E-state index contributed by atoms with van der Waals surface area (Å²) in [7, 11) is 0. The van der Waals surface area contributed by atoms with Gasteiger partial charge in [0.2, 0.25) is 5.91 Å². The van der Waals surface area contributed by atoms with Crippen molar-refractivity contribution in [2.45, 2.75) is 301 Å². The molecule has 1 aliphatic heterocycles. The van der Waals surface area contributed by atoms with Gasteiger partial charge in [-0.05, 0) is 44.9 Å². The molecule has 0 aromatic heterocycles. The maximum absolute atomic E-state index is 13.0. The number of nitrogens with one attached hydrogen (secondary N) is 1. The summed E-state index contributed by atoms with van der Waals surface area (Å²) in [5, 5.41) is 54.3. The number of esters is 1. The van der Waals surface area contributed by atoms with E-state index < -0.39 is 49.5 Å². The molecule has 0 bridgehead atoms. The number of allylic oxidation sites excluding steroid dienone is 3. The van der Waals surface area contributed by atoms with E-state index in [2.05, 4.69) is 31.3 Å². The van der Waals surface area contributed by atoms with Gasteiger partial charge < -0.3 is 45.1 Å². The lowest BCUT2D eigenvalue weighted by Gasteiger charge is -2.40. The van der Waals surface area contributed by atoms with E-state index in [9.17, 15) is 35.1 Å². The van der Waals surface area contributed by atoms with E-state index in [1.165, 1.54) is 161 Å². The number of hydrogen-bond acceptors (Lipinski definition) is 10. The zero-order valence-electron chi connectivity index (χ0n) is 43.1. The molecule has 7 atom stereocenters. The second-order valence-corrected chi connectivity index (χ2v) is 19.6. The van der Waals surface area contributed by atoms with Gasteiger partial charge in [-0.25, -0.2) is 0 Å². The molecule has 11 heteroatoms. The van der Waals surface area contributed by atoms with Gasteiger partial charge in [-0.15, -0.1) is 0 Å². The second-order valence-electron chi connectivity index (χ2n) is 19.6. The molecule has 1 aliphatic rings. The van der Waals surface area contributed by atoms with Crippen LogP contribution in [0.25, 0.3) is 0 Å². The van der Waals surface area contributed by atoms with Crippen LogP contribution in [-0.4, -0.2) is 100 Å². The van der Waals surface area contributed by atoms with Gasteiger partial charge in [-0.1, -0.05) is 224 Å². The molecule has 7 unspecified atom stereocenters. The van der Waals surface area contributed by atoms with Crippen LogP contribution < -0.4 is 5.32 Å². The maximum atomic E-state index is 13.0. The third-order valence-electron chi connectivity index (χ3n) is 13.3. The third kappa shape index (κ3) is 36.7. The highest BCUT2D eigenvalue weighted by Crippen LogP contribution is 2.23. The Morgan fingerprint density at radius 3 is 1.48 bits per heavy atom. The van der Waals surface area contributed by atoms with Gasteiger partial charge in [0, 0.05) is 12.8 Å². The maximum Gasteiger partial charge on any atom is 0.305 e. The summed E-state index contributed by atoms with van der Waals surface area (Å²) in [4.78, 5) is 25.0. The van der Waals surface area contributed by atoms with E-state index in [1.807, 2.05) is 6.08 Å². The van der Waals surface area contributed by atoms with E-state index in [0.717, 1.165) is 70.6 Å². The molecule has 1 saturated heterocycles. The van der Waals surface area contributed by atoms with Gasteiger partial charge >= 0.3 is 5.97 Å². The predicted molar refractivity (Wildman–Crippen MR) is 274 cm³/mol. The van der Waals surface area contributed by atoms with E-state index in [-0.39, 0.29) is 18.5 Å². The monoisotopic (exact) mass is 952 g/mol. The molecule has 0 radical (unpaired) electrons. The van der Waals surface area contributed by atoms with Crippen molar-refractivity contribution >= 4 is 11.9 Å². The van der Waals surface area contributed by atoms with Crippen LogP contribution in [0.15, 0.2) is 24.3 Å². The number of aliphatic hydroxyl groups excluding tert-OH is 5. The Bertz CT molecular complexity index is 1170. The lowest BCUT2D eigenvalue weighted by Crippen LogP contribution is -2.60. The smallest absolute Gasteiger partial charge is 0.305 e. The van der Waals surface area contributed by atoms with Crippen LogP contribution in [0.1, 0.15) is 258 Å². The van der Waals surface area contributed by atoms with E-state index in [4.69, 9.17) is 14.2 Å². The molecule has 0 spiro atoms. The highest BCUT2D eigenvalue weighted by atomic mass is 16.7. The van der Waals surface area contributed by atoms with Crippen LogP contribution in [0.4, 0.5) is 0 Å². The molecular weight excluding hydrogens is 847 g/mol. The van der Waals surface area contributed by atoms with Gasteiger partial charge in [-0.2, -0.15) is 0 Å². The van der Waals surface area contributed by atoms with Crippen molar-refractivity contribution in [2.24, 2.45) is 0 Å². The van der Waals surface area contributed by atoms with Crippen LogP contribution in [0.2, 0.25) is 0 Å². The number of amides is 1. The Kier molecular flexibility index (Phi) is 43.8. The predicted octanol–water partition coefficient (Wildman–Crippen LogP) is 12.2. The van der Waals surface area contributed by atoms with Crippen molar-refractivity contribution in [3.05, 3.63) is 24.3 Å². The fourth-order valence-corrected chi connectivity index (χ4v) is 8.80. The first-order chi connectivity index (χ1) is 32.7. The molecule has 0 saturated carbocycles. The lowest BCUT2D eigenvalue weighted by molar-refractivity contribution is -0.302. The van der Waals surface area contributed by atoms with Crippen LogP contribution in [0, 0.1) is 0 Å². The molecule has 1 fully saturated rings. The fourth-order valence-electron chi connectivity index (χ4n) is 8.80. The molecular formula is C56H105NO10. The Balaban J connectivity index is 2.18. The molecule has 67 heavy (non-hydrogen) atoms. The number of carbonyl (C=O) groups is 2. The minimum Gasteiger partial charge on any atom is -0.466 e. The number of ether oxygens (including phenoxy) is 3. The molecule has 0 aliphatic carbocycles. The summed E-state index contributed by atoms with van der Waals surface area (Å²) in [6.45, 7) is 4.29. The van der Waals surface area contributed by atoms with Crippen LogP contribution in [-0.2, 0) is 23.8 Å². The Morgan fingerprint density at radius 1 is 0.537 bits per heavy atom. The minimum atomic E-state index is -1.58. The summed E-state index contributed by atoms with van der Waals surface area (Å²) >= 11 is 0. The lowest BCUT2D eigenvalue weighted by atomic mass is 9.99. The highest BCUT2D eigenvalue weighted by molar-refractivity contribution is 5.76. The van der Waals surface area contributed by atoms with Crippen molar-refractivity contribution < 1.29 is 49.3 Å². The Labute approximate surface area is 410 Å². The molecule has 394 valence electrons. The summed E-state index contributed by atoms with van der Waals surface area (Å²) < 4.78 is 16.7. The molecule has 0 aromatic carbocycles. The van der Waals surface area contributed by atoms with Crippen LogP contribution in [0.5, 0.6) is 0 Å². The quantitative estimate of drug-likeness (QED) is 0.0196. The molecule has 1 rings (SSSR count). The Hall–Kier alpha value is -1.86. The molecule has 0 aromatic rings. The molecule has 11 nitrogen and oxygen atoms in total. The van der Waals surface area contributed by atoms with Crippen molar-refractivity contribution in [2.75, 3.05) is 19.8 Å². The van der Waals surface area contributed by atoms with Crippen molar-refractivity contribution in [1.29, 1.82) is 0 Å². The Morgan fingerprint density at radius 2 is 0.970 bits per heavy atom. The number of unbranched alkanes of at least 4 members (excludes halogenated alkanes) is 32. The first-order valence-electron chi connectivity index (χ1n) is 28.1. The van der Waals surface area contributed by atoms with E-state index in [0.29, 0.717) is 19.4 Å². The largest absolute Gasteiger partial charge is 0.466 e. The fraction of sp³-hybridized carbons (Fsp3) is 0.893. The van der Waals surface area contributed by atoms with Crippen molar-refractivity contribution in [3.63, 3.8) is 0 Å². The normalized spacial score (nSPS) is 19.7. The standard InChI is InChI=1S/C56H105NO10/c1-3-5-7-9-11-13-15-16-19-23-26-30-34-38-42-49(59)48(47-66-56-55(64)54(63)53(62)50(46-58)67-56)57-51(60)43-39-35-31-27-24-20-17-18-21-25-29-33-37-41-45-65-52(61)44-40-36-32-28-22-14-12-10-8-6-4-2/h23,26,38,42,48-50,53-56,58-59,62-64H,3-22,24-25,27-37,39-41,43-47H2,1-2H3,(H,57,60)/b26-23+,42-38+. The second kappa shape index (κ2) is 46.5. The average molecular weight is 952 g/mol. The van der Waals surface area contributed by atoms with Crippen molar-refractivity contribution in [3.8, 4) is 0 Å². The van der Waals surface area contributed by atoms with Gasteiger partial charge in [0.1, 0.15) is 24.4 Å². The summed E-state index contributed by atoms with van der Waals surface area (Å²) in [5.41, 5.74) is 0. The number of carbonyl (C=O) groups excluding carboxylic acids is 2. The topological polar surface area (TPSA) is 175 Å². The minimum absolute atomic E-state index is 0.0240. The van der Waals surface area contributed by atoms with Crippen molar-refractivity contribution in [1.82, 2.24) is 5.32 Å². The van der Waals surface area contributed by atoms with Crippen LogP contribution >= 0.6 is 0 Å². The molecule has 6 N–H and O–H groups in total. The SMILES string of the molecule is CCCCCCCCCC/C=C/CC/C=C/C(O)C(COC1OC(CO)C(O)C(O)C1O)NC(=O)CCCCCCCCCCCCCCCCOC(=O)CCCCCCCCCCCCC. The van der Waals surface area contributed by atoms with Crippen LogP contribution in [0.3, 0.4) is 0 Å². The van der Waals surface area contributed by atoms with E-state index in [1.54, 1.807) is 6.08 Å². The first-order valence-corrected chi connectivity index (χ1v) is 28.1. The van der Waals surface area contributed by atoms with Gasteiger partial charge in [0.15, 0.2) is 6.29 Å².